The molecule has 3 atom stereocenters. The van der Waals surface area contributed by atoms with Gasteiger partial charge in [0.2, 0.25) is 0 Å². The summed E-state index contributed by atoms with van der Waals surface area (Å²) >= 11 is 0. The minimum absolute atomic E-state index is 0.0750. The lowest BCUT2D eigenvalue weighted by Gasteiger charge is -2.36. The first-order chi connectivity index (χ1) is 46.9. The fourth-order valence-corrected chi connectivity index (χ4v) is 15.0. The van der Waals surface area contributed by atoms with Crippen LogP contribution in [0.5, 0.6) is 5.75 Å². The van der Waals surface area contributed by atoms with Gasteiger partial charge in [0.25, 0.3) is 0 Å². The van der Waals surface area contributed by atoms with Crippen LogP contribution in [0.25, 0.3) is 106 Å². The van der Waals surface area contributed by atoms with Gasteiger partial charge in [-0.15, -0.1) is 0 Å². The highest BCUT2D eigenvalue weighted by atomic mass is 16.5. The minimum atomic E-state index is -0.403. The highest BCUT2D eigenvalue weighted by Crippen LogP contribution is 2.57. The van der Waals surface area contributed by atoms with Crippen LogP contribution in [-0.2, 0) is 10.8 Å². The smallest absolute Gasteiger partial charge is 0.119 e. The topological polar surface area (TPSA) is 17.4 Å². The van der Waals surface area contributed by atoms with Crippen LogP contribution in [-0.4, -0.2) is 11.2 Å². The number of hydrogen-bond donors (Lipinski definition) is 0. The summed E-state index contributed by atoms with van der Waals surface area (Å²) in [4.78, 5) is 2.47. The van der Waals surface area contributed by atoms with Crippen LogP contribution >= 0.6 is 0 Å². The van der Waals surface area contributed by atoms with E-state index in [1.807, 2.05) is 12.2 Å². The van der Waals surface area contributed by atoms with Gasteiger partial charge in [-0.3, -0.25) is 0 Å². The molecule has 3 nitrogen and oxygen atoms in total. The first kappa shape index (κ1) is 61.2. The van der Waals surface area contributed by atoms with Gasteiger partial charge in [0.15, 0.2) is 0 Å². The Morgan fingerprint density at radius 2 is 0.875 bits per heavy atom. The molecular weight excluding hydrogens is 1160 g/mol. The molecule has 13 aromatic carbocycles. The molecule has 1 heterocycles. The van der Waals surface area contributed by atoms with E-state index in [1.54, 1.807) is 0 Å². The van der Waals surface area contributed by atoms with Crippen molar-refractivity contribution in [3.05, 3.63) is 344 Å². The second-order valence-electron chi connectivity index (χ2n) is 27.6. The lowest BCUT2D eigenvalue weighted by Crippen LogP contribution is -2.30. The predicted molar refractivity (Wildman–Crippen MR) is 409 cm³/mol. The maximum Gasteiger partial charge on any atom is 0.119 e. The summed E-state index contributed by atoms with van der Waals surface area (Å²) in [6.07, 6.45) is 6.87. The van der Waals surface area contributed by atoms with Gasteiger partial charge >= 0.3 is 0 Å². The van der Waals surface area contributed by atoms with E-state index in [4.69, 9.17) is 4.74 Å². The Bertz CT molecular complexity index is 5150. The van der Waals surface area contributed by atoms with Gasteiger partial charge in [0, 0.05) is 38.9 Å². The molecule has 468 valence electrons. The number of nitrogens with zero attached hydrogens (tertiary/aromatic N) is 2. The fourth-order valence-electron chi connectivity index (χ4n) is 15.0. The molecule has 1 aliphatic rings. The van der Waals surface area contributed by atoms with Crippen molar-refractivity contribution in [3.63, 3.8) is 0 Å². The van der Waals surface area contributed by atoms with Crippen LogP contribution in [0.1, 0.15) is 87.3 Å². The predicted octanol–water partition coefficient (Wildman–Crippen LogP) is 25.5. The molecule has 0 radical (unpaired) electrons. The zero-order chi connectivity index (χ0) is 65.5. The third-order valence-electron chi connectivity index (χ3n) is 20.2. The number of aromatic nitrogens is 1. The van der Waals surface area contributed by atoms with E-state index in [0.29, 0.717) is 18.4 Å². The molecule has 0 spiro atoms. The average molecular weight is 1240 g/mol. The number of ether oxygens (including phenoxy) is 1. The summed E-state index contributed by atoms with van der Waals surface area (Å²) in [5.74, 6) is 1.67. The van der Waals surface area contributed by atoms with E-state index in [1.165, 1.54) is 105 Å². The van der Waals surface area contributed by atoms with Crippen LogP contribution in [0.2, 0.25) is 0 Å². The van der Waals surface area contributed by atoms with Crippen LogP contribution in [0.3, 0.4) is 0 Å². The van der Waals surface area contributed by atoms with Gasteiger partial charge < -0.3 is 14.2 Å². The second kappa shape index (κ2) is 25.7. The van der Waals surface area contributed by atoms with E-state index in [0.717, 1.165) is 64.5 Å². The zero-order valence-corrected chi connectivity index (χ0v) is 55.6. The minimum Gasteiger partial charge on any atom is -0.493 e. The maximum absolute atomic E-state index is 6.59. The Labute approximate surface area is 566 Å². The summed E-state index contributed by atoms with van der Waals surface area (Å²) < 4.78 is 9.00. The maximum atomic E-state index is 6.59. The highest BCUT2D eigenvalue weighted by molar-refractivity contribution is 6.12. The molecule has 0 saturated heterocycles. The molecule has 96 heavy (non-hydrogen) atoms. The Morgan fingerprint density at radius 1 is 0.417 bits per heavy atom. The molecule has 0 aliphatic heterocycles. The fraction of sp³-hybridized carbons (Fsp3) is 0.140. The lowest BCUT2D eigenvalue weighted by molar-refractivity contribution is 0.240. The first-order valence-corrected chi connectivity index (χ1v) is 34.1. The number of rotatable bonds is 19. The summed E-state index contributed by atoms with van der Waals surface area (Å²) in [5, 5.41) is 4.82. The number of fused-ring (bicyclic) bond motifs is 7. The second-order valence-corrected chi connectivity index (χ2v) is 27.6. The lowest BCUT2D eigenvalue weighted by atomic mass is 9.67. The number of hydrogen-bond acceptors (Lipinski definition) is 2. The van der Waals surface area contributed by atoms with Gasteiger partial charge in [-0.1, -0.05) is 273 Å². The Hall–Kier alpha value is -11.0. The first-order valence-electron chi connectivity index (χ1n) is 34.1. The molecule has 15 rings (SSSR count). The van der Waals surface area contributed by atoms with Crippen molar-refractivity contribution in [2.45, 2.75) is 64.7 Å². The molecule has 14 aromatic rings. The van der Waals surface area contributed by atoms with Gasteiger partial charge in [0.1, 0.15) is 5.75 Å². The average Bonchev–Trinajstić information content (AvgIpc) is 1.55. The van der Waals surface area contributed by atoms with Crippen molar-refractivity contribution in [2.75, 3.05) is 11.5 Å². The van der Waals surface area contributed by atoms with E-state index >= 15 is 0 Å². The van der Waals surface area contributed by atoms with Gasteiger partial charge in [-0.2, -0.15) is 0 Å². The number of benzene rings is 13. The van der Waals surface area contributed by atoms with E-state index in [2.05, 4.69) is 354 Å². The Balaban J connectivity index is 0.763. The molecule has 0 fully saturated rings. The largest absolute Gasteiger partial charge is 0.493 e. The summed E-state index contributed by atoms with van der Waals surface area (Å²) in [6.45, 7) is 20.2. The number of para-hydroxylation sites is 1. The third kappa shape index (κ3) is 11.7. The van der Waals surface area contributed by atoms with E-state index in [-0.39, 0.29) is 5.41 Å². The molecule has 1 aliphatic carbocycles. The van der Waals surface area contributed by atoms with Crippen molar-refractivity contribution < 1.29 is 4.74 Å². The van der Waals surface area contributed by atoms with E-state index < -0.39 is 5.41 Å². The Morgan fingerprint density at radius 3 is 1.46 bits per heavy atom. The molecule has 0 saturated carbocycles. The standard InChI is InChI=1S/C93H80N2O/c1-8-65-26-30-69(31-27-65)72-34-35-74-57-83(52-42-73(74)56-72)96-62-64(4)25-24-63(3)61-93(78-18-12-10-13-19-78)88-23-17-16-22-84(88)85-53-51-82(60-89(85)93)94(80-47-38-68(39-48-80)67-36-45-77(46-37-67)92(5,6)7)81-49-40-71(41-50-81)76-44-55-91-87(59-76)86-58-75(70-32-28-66(9-2)29-33-70)43-54-90(86)95(91)79-20-14-11-15-21-79/h8-23,26-60,63-64H,1-2,24-25,61-62H2,3-7H3. The number of anilines is 3. The van der Waals surface area contributed by atoms with Crippen molar-refractivity contribution in [3.8, 4) is 67.1 Å². The monoisotopic (exact) mass is 1240 g/mol. The Kier molecular flexibility index (Phi) is 16.4. The van der Waals surface area contributed by atoms with Crippen LogP contribution in [0, 0.1) is 11.8 Å². The van der Waals surface area contributed by atoms with Crippen molar-refractivity contribution in [2.24, 2.45) is 11.8 Å². The van der Waals surface area contributed by atoms with E-state index in [9.17, 15) is 0 Å². The van der Waals surface area contributed by atoms with Crippen LogP contribution in [0.4, 0.5) is 17.1 Å². The summed E-state index contributed by atoms with van der Waals surface area (Å²) in [5.41, 5.74) is 26.2. The van der Waals surface area contributed by atoms with Crippen molar-refractivity contribution >= 4 is 61.8 Å². The molecule has 0 amide bonds. The van der Waals surface area contributed by atoms with Gasteiger partial charge in [0.05, 0.1) is 17.6 Å². The normalized spacial score (nSPS) is 14.1. The van der Waals surface area contributed by atoms with Crippen LogP contribution < -0.4 is 9.64 Å². The summed E-state index contributed by atoms with van der Waals surface area (Å²) in [7, 11) is 0. The highest BCUT2D eigenvalue weighted by Gasteiger charge is 2.45. The molecule has 3 unspecified atom stereocenters. The van der Waals surface area contributed by atoms with Crippen LogP contribution in [0.15, 0.2) is 310 Å². The van der Waals surface area contributed by atoms with Gasteiger partial charge in [-0.05, 0) is 221 Å². The molecule has 0 bridgehead atoms. The zero-order valence-electron chi connectivity index (χ0n) is 55.6. The quantitative estimate of drug-likeness (QED) is 0.0803. The summed E-state index contributed by atoms with van der Waals surface area (Å²) in [6, 6.07) is 110. The van der Waals surface area contributed by atoms with Crippen molar-refractivity contribution in [1.82, 2.24) is 4.57 Å². The third-order valence-corrected chi connectivity index (χ3v) is 20.2. The SMILES string of the molecule is C=Cc1ccc(-c2ccc3cc(OCC(C)CCC(C)CC4(c5ccccc5)c5ccccc5-c5ccc(N(c6ccc(-c7ccc(C(C)(C)C)cc7)cc6)c6ccc(-c7ccc8c(c7)c7cc(-c9ccc(C=C)cc9)ccc7n8-c7ccccc7)cc6)cc54)ccc3c2)cc1. The molecule has 0 N–H and O–H groups in total. The molecule has 3 heteroatoms. The molecular formula is C93H80N2O. The molecule has 1 aromatic heterocycles. The van der Waals surface area contributed by atoms with Crippen molar-refractivity contribution in [1.29, 1.82) is 0 Å². The van der Waals surface area contributed by atoms with Gasteiger partial charge in [-0.25, -0.2) is 0 Å².